The van der Waals surface area contributed by atoms with Crippen LogP contribution in [-0.2, 0) is 6.42 Å². The molecular weight excluding hydrogens is 364 g/mol. The Labute approximate surface area is 184 Å². The predicted octanol–water partition coefficient (Wildman–Crippen LogP) is 6.09. The zero-order valence-electron chi connectivity index (χ0n) is 19.3. The van der Waals surface area contributed by atoms with Gasteiger partial charge in [0.05, 0.1) is 0 Å². The Morgan fingerprint density at radius 1 is 0.767 bits per heavy atom. The molecule has 2 aliphatic rings. The molecule has 2 aromatic carbocycles. The molecule has 0 radical (unpaired) electrons. The highest BCUT2D eigenvalue weighted by Crippen LogP contribution is 2.31. The van der Waals surface area contributed by atoms with Crippen molar-refractivity contribution in [1.82, 2.24) is 9.80 Å². The van der Waals surface area contributed by atoms with Crippen LogP contribution in [-0.4, -0.2) is 48.1 Å². The second-order valence-electron chi connectivity index (χ2n) is 9.95. The topological polar surface area (TPSA) is 6.48 Å². The molecule has 162 valence electrons. The normalized spacial score (nSPS) is 23.0. The van der Waals surface area contributed by atoms with Crippen LogP contribution in [0.3, 0.4) is 0 Å². The minimum Gasteiger partial charge on any atom is -0.300 e. The van der Waals surface area contributed by atoms with Crippen molar-refractivity contribution in [2.45, 2.75) is 76.8 Å². The Morgan fingerprint density at radius 3 is 2.23 bits per heavy atom. The zero-order chi connectivity index (χ0) is 20.9. The van der Waals surface area contributed by atoms with Gasteiger partial charge in [0.2, 0.25) is 0 Å². The monoisotopic (exact) mass is 404 g/mol. The number of likely N-dealkylation sites (tertiary alicyclic amines) is 2. The van der Waals surface area contributed by atoms with Crippen molar-refractivity contribution in [3.05, 3.63) is 71.3 Å². The molecule has 2 heteroatoms. The third-order valence-electron chi connectivity index (χ3n) is 7.56. The summed E-state index contributed by atoms with van der Waals surface area (Å²) in [6, 6.07) is 21.9. The largest absolute Gasteiger partial charge is 0.300 e. The van der Waals surface area contributed by atoms with Crippen molar-refractivity contribution < 1.29 is 0 Å². The van der Waals surface area contributed by atoms with Gasteiger partial charge in [-0.2, -0.15) is 0 Å². The maximum Gasteiger partial charge on any atom is 0.0107 e. The standard InChI is InChI=1S/C28H40N2/c1-22(2)30-16-8-13-28(21-30)27-12-7-9-24(20-27)19-23(3)29-17-14-26(15-18-29)25-10-5-4-6-11-25/h4-7,9-12,20,22-23,26,28H,8,13-19,21H2,1-3H3. The van der Waals surface area contributed by atoms with E-state index in [9.17, 15) is 0 Å². The van der Waals surface area contributed by atoms with E-state index in [0.29, 0.717) is 18.0 Å². The minimum absolute atomic E-state index is 0.621. The Bertz CT molecular complexity index is 776. The summed E-state index contributed by atoms with van der Waals surface area (Å²) in [4.78, 5) is 5.37. The van der Waals surface area contributed by atoms with E-state index in [1.54, 1.807) is 5.56 Å². The summed E-state index contributed by atoms with van der Waals surface area (Å²) in [5.41, 5.74) is 4.61. The SMILES string of the molecule is CC(C)N1CCCC(c2cccc(CC(C)N3CCC(c4ccccc4)CC3)c2)C1. The van der Waals surface area contributed by atoms with Crippen LogP contribution in [0.25, 0.3) is 0 Å². The van der Waals surface area contributed by atoms with E-state index in [-0.39, 0.29) is 0 Å². The number of hydrogen-bond donors (Lipinski definition) is 0. The molecule has 2 unspecified atom stereocenters. The van der Waals surface area contributed by atoms with Gasteiger partial charge in [0.1, 0.15) is 0 Å². The van der Waals surface area contributed by atoms with E-state index in [1.807, 2.05) is 0 Å². The van der Waals surface area contributed by atoms with Gasteiger partial charge in [-0.3, -0.25) is 0 Å². The van der Waals surface area contributed by atoms with Crippen molar-refractivity contribution in [3.8, 4) is 0 Å². The molecule has 2 heterocycles. The molecule has 0 N–H and O–H groups in total. The summed E-state index contributed by atoms with van der Waals surface area (Å²) in [5.74, 6) is 1.45. The van der Waals surface area contributed by atoms with E-state index < -0.39 is 0 Å². The number of nitrogens with zero attached hydrogens (tertiary/aromatic N) is 2. The van der Waals surface area contributed by atoms with Gasteiger partial charge in [-0.25, -0.2) is 0 Å². The molecule has 2 aromatic rings. The molecule has 0 saturated carbocycles. The van der Waals surface area contributed by atoms with E-state index in [2.05, 4.69) is 85.2 Å². The lowest BCUT2D eigenvalue weighted by Gasteiger charge is -2.37. The molecule has 2 saturated heterocycles. The third-order valence-corrected chi connectivity index (χ3v) is 7.56. The van der Waals surface area contributed by atoms with Crippen molar-refractivity contribution >= 4 is 0 Å². The summed E-state index contributed by atoms with van der Waals surface area (Å²) in [7, 11) is 0. The Morgan fingerprint density at radius 2 is 1.50 bits per heavy atom. The van der Waals surface area contributed by atoms with Crippen LogP contribution in [0.2, 0.25) is 0 Å². The average Bonchev–Trinajstić information content (AvgIpc) is 2.80. The first-order valence-electron chi connectivity index (χ1n) is 12.2. The molecule has 30 heavy (non-hydrogen) atoms. The highest BCUT2D eigenvalue weighted by molar-refractivity contribution is 5.28. The fourth-order valence-electron chi connectivity index (χ4n) is 5.59. The fraction of sp³-hybridized carbons (Fsp3) is 0.571. The molecule has 2 nitrogen and oxygen atoms in total. The van der Waals surface area contributed by atoms with E-state index in [0.717, 1.165) is 5.92 Å². The first-order valence-corrected chi connectivity index (χ1v) is 12.2. The van der Waals surface area contributed by atoms with Gasteiger partial charge >= 0.3 is 0 Å². The predicted molar refractivity (Wildman–Crippen MR) is 128 cm³/mol. The molecule has 2 aliphatic heterocycles. The maximum absolute atomic E-state index is 2.72. The summed E-state index contributed by atoms with van der Waals surface area (Å²) < 4.78 is 0. The summed E-state index contributed by atoms with van der Waals surface area (Å²) in [5, 5.41) is 0. The van der Waals surface area contributed by atoms with Crippen molar-refractivity contribution in [2.75, 3.05) is 26.2 Å². The quantitative estimate of drug-likeness (QED) is 0.575. The van der Waals surface area contributed by atoms with Gasteiger partial charge < -0.3 is 9.80 Å². The maximum atomic E-state index is 2.72. The van der Waals surface area contributed by atoms with Crippen LogP contribution in [0, 0.1) is 0 Å². The van der Waals surface area contributed by atoms with Gasteiger partial charge in [0, 0.05) is 18.6 Å². The van der Waals surface area contributed by atoms with Crippen molar-refractivity contribution in [1.29, 1.82) is 0 Å². The van der Waals surface area contributed by atoms with Crippen LogP contribution in [0.4, 0.5) is 0 Å². The molecular formula is C28H40N2. The molecule has 4 rings (SSSR count). The van der Waals surface area contributed by atoms with Gasteiger partial charge in [-0.1, -0.05) is 54.6 Å². The molecule has 0 bridgehead atoms. The van der Waals surface area contributed by atoms with Crippen molar-refractivity contribution in [2.24, 2.45) is 0 Å². The van der Waals surface area contributed by atoms with Gasteiger partial charge in [-0.05, 0) is 101 Å². The zero-order valence-corrected chi connectivity index (χ0v) is 19.3. The first kappa shape index (κ1) is 21.6. The van der Waals surface area contributed by atoms with E-state index in [4.69, 9.17) is 0 Å². The van der Waals surface area contributed by atoms with Crippen molar-refractivity contribution in [3.63, 3.8) is 0 Å². The molecule has 2 fully saturated rings. The Balaban J connectivity index is 1.33. The van der Waals surface area contributed by atoms with Crippen LogP contribution in [0.1, 0.15) is 75.0 Å². The summed E-state index contributed by atoms with van der Waals surface area (Å²) in [6.07, 6.45) is 6.43. The minimum atomic E-state index is 0.621. The summed E-state index contributed by atoms with van der Waals surface area (Å²) >= 11 is 0. The van der Waals surface area contributed by atoms with Crippen LogP contribution in [0.15, 0.2) is 54.6 Å². The fourth-order valence-corrected chi connectivity index (χ4v) is 5.59. The second-order valence-corrected chi connectivity index (χ2v) is 9.95. The van der Waals surface area contributed by atoms with Gasteiger partial charge in [0.15, 0.2) is 0 Å². The second kappa shape index (κ2) is 10.1. The van der Waals surface area contributed by atoms with Gasteiger partial charge in [0.25, 0.3) is 0 Å². The molecule has 0 spiro atoms. The number of piperidine rings is 2. The lowest BCUT2D eigenvalue weighted by atomic mass is 9.87. The Kier molecular flexibility index (Phi) is 7.28. The lowest BCUT2D eigenvalue weighted by Crippen LogP contribution is -2.40. The summed E-state index contributed by atoms with van der Waals surface area (Å²) in [6.45, 7) is 12.0. The van der Waals surface area contributed by atoms with Crippen LogP contribution >= 0.6 is 0 Å². The van der Waals surface area contributed by atoms with E-state index >= 15 is 0 Å². The Hall–Kier alpha value is -1.64. The van der Waals surface area contributed by atoms with Gasteiger partial charge in [-0.15, -0.1) is 0 Å². The molecule has 0 amide bonds. The smallest absolute Gasteiger partial charge is 0.0107 e. The molecule has 0 aliphatic carbocycles. The number of hydrogen-bond acceptors (Lipinski definition) is 2. The third kappa shape index (κ3) is 5.34. The first-order chi connectivity index (χ1) is 14.6. The van der Waals surface area contributed by atoms with Crippen LogP contribution < -0.4 is 0 Å². The highest BCUT2D eigenvalue weighted by Gasteiger charge is 2.25. The lowest BCUT2D eigenvalue weighted by molar-refractivity contribution is 0.160. The molecule has 0 aromatic heterocycles. The van der Waals surface area contributed by atoms with Crippen LogP contribution in [0.5, 0.6) is 0 Å². The number of rotatable bonds is 6. The molecule has 2 atom stereocenters. The number of benzene rings is 2. The average molecular weight is 405 g/mol. The van der Waals surface area contributed by atoms with E-state index in [1.165, 1.54) is 69.4 Å². The highest BCUT2D eigenvalue weighted by atomic mass is 15.2.